The van der Waals surface area contributed by atoms with Gasteiger partial charge in [0, 0.05) is 31.7 Å². The Morgan fingerprint density at radius 3 is 2.37 bits per heavy atom. The number of hydrogen-bond acceptors (Lipinski definition) is 3. The van der Waals surface area contributed by atoms with Gasteiger partial charge in [0.2, 0.25) is 5.91 Å². The molecule has 0 fully saturated rings. The van der Waals surface area contributed by atoms with Crippen LogP contribution < -0.4 is 5.73 Å². The zero-order valence-corrected chi connectivity index (χ0v) is 12.2. The lowest BCUT2D eigenvalue weighted by Crippen LogP contribution is -2.31. The number of carbonyl (C=O) groups is 1. The summed E-state index contributed by atoms with van der Waals surface area (Å²) in [4.78, 5) is 13.8. The van der Waals surface area contributed by atoms with E-state index >= 15 is 0 Å². The zero-order chi connectivity index (χ0) is 14.6. The van der Waals surface area contributed by atoms with Crippen molar-refractivity contribution in [1.29, 1.82) is 5.26 Å². The summed E-state index contributed by atoms with van der Waals surface area (Å²) in [7, 11) is 0. The minimum absolute atomic E-state index is 0.119. The van der Waals surface area contributed by atoms with Crippen molar-refractivity contribution in [2.24, 2.45) is 0 Å². The van der Waals surface area contributed by atoms with E-state index in [1.165, 1.54) is 0 Å². The molecule has 0 aliphatic carbocycles. The van der Waals surface area contributed by atoms with Crippen LogP contribution in [-0.2, 0) is 11.3 Å². The highest BCUT2D eigenvalue weighted by atomic mass is 16.2. The second-order valence-corrected chi connectivity index (χ2v) is 4.55. The van der Waals surface area contributed by atoms with Gasteiger partial charge in [0.05, 0.1) is 5.56 Å². The molecule has 1 aromatic rings. The van der Waals surface area contributed by atoms with Crippen molar-refractivity contribution >= 4 is 11.7 Å². The van der Waals surface area contributed by atoms with Gasteiger partial charge in [-0.1, -0.05) is 0 Å². The first-order valence-corrected chi connectivity index (χ1v) is 6.60. The number of nitriles is 1. The Balaban J connectivity index is 2.85. The predicted molar refractivity (Wildman–Crippen MR) is 75.6 cm³/mol. The van der Waals surface area contributed by atoms with Gasteiger partial charge in [0.25, 0.3) is 0 Å². The number of anilines is 1. The summed E-state index contributed by atoms with van der Waals surface area (Å²) in [5.41, 5.74) is 8.34. The summed E-state index contributed by atoms with van der Waals surface area (Å²) in [6.45, 7) is 9.70. The fourth-order valence-corrected chi connectivity index (χ4v) is 2.26. The molecule has 0 atom stereocenters. The van der Waals surface area contributed by atoms with Crippen LogP contribution in [0, 0.1) is 25.2 Å². The number of nitrogen functional groups attached to an aromatic ring is 1. The molecule has 1 heterocycles. The average Bonchev–Trinajstić information content (AvgIpc) is 2.60. The topological polar surface area (TPSA) is 75.0 Å². The largest absolute Gasteiger partial charge is 0.384 e. The third kappa shape index (κ3) is 2.90. The molecule has 0 spiro atoms. The minimum Gasteiger partial charge on any atom is -0.384 e. The van der Waals surface area contributed by atoms with Crippen molar-refractivity contribution in [1.82, 2.24) is 9.47 Å². The van der Waals surface area contributed by atoms with Crippen LogP contribution in [0.25, 0.3) is 0 Å². The molecule has 1 amide bonds. The summed E-state index contributed by atoms with van der Waals surface area (Å²) in [5.74, 6) is 0.582. The lowest BCUT2D eigenvalue weighted by molar-refractivity contribution is -0.131. The summed E-state index contributed by atoms with van der Waals surface area (Å²) in [6, 6.07) is 2.12. The van der Waals surface area contributed by atoms with Crippen LogP contribution in [0.15, 0.2) is 0 Å². The number of carbonyl (C=O) groups excluding carboxylic acids is 1. The molecule has 0 aliphatic heterocycles. The van der Waals surface area contributed by atoms with E-state index in [9.17, 15) is 4.79 Å². The molecule has 0 bridgehead atoms. The standard InChI is InChI=1S/C14H22N4O/c1-5-17(6-2)13(19)7-8-18-11(4)10(3)12(9-15)14(18)16/h5-8,16H2,1-4H3. The Morgan fingerprint density at radius 2 is 1.95 bits per heavy atom. The van der Waals surface area contributed by atoms with Gasteiger partial charge in [-0.3, -0.25) is 4.79 Å². The van der Waals surface area contributed by atoms with Gasteiger partial charge < -0.3 is 15.2 Å². The monoisotopic (exact) mass is 262 g/mol. The summed E-state index contributed by atoms with van der Waals surface area (Å²) >= 11 is 0. The second kappa shape index (κ2) is 6.28. The highest BCUT2D eigenvalue weighted by Gasteiger charge is 2.16. The van der Waals surface area contributed by atoms with Crippen molar-refractivity contribution in [2.75, 3.05) is 18.8 Å². The molecule has 5 nitrogen and oxygen atoms in total. The number of nitrogens with two attached hydrogens (primary N) is 1. The molecular formula is C14H22N4O. The maximum Gasteiger partial charge on any atom is 0.224 e. The van der Waals surface area contributed by atoms with Gasteiger partial charge in [0.1, 0.15) is 11.9 Å². The van der Waals surface area contributed by atoms with Gasteiger partial charge in [-0.25, -0.2) is 0 Å². The molecule has 5 heteroatoms. The average molecular weight is 262 g/mol. The molecule has 1 rings (SSSR count). The van der Waals surface area contributed by atoms with Crippen LogP contribution in [0.1, 0.15) is 37.1 Å². The van der Waals surface area contributed by atoms with E-state index in [1.54, 1.807) is 4.90 Å². The first-order valence-electron chi connectivity index (χ1n) is 6.60. The summed E-state index contributed by atoms with van der Waals surface area (Å²) in [6.07, 6.45) is 0.408. The molecular weight excluding hydrogens is 240 g/mol. The maximum atomic E-state index is 12.0. The molecule has 0 saturated carbocycles. The highest BCUT2D eigenvalue weighted by Crippen LogP contribution is 2.23. The molecule has 104 valence electrons. The van der Waals surface area contributed by atoms with Crippen molar-refractivity contribution in [2.45, 2.75) is 40.7 Å². The molecule has 1 aromatic heterocycles. The lowest BCUT2D eigenvalue weighted by Gasteiger charge is -2.19. The number of amides is 1. The number of aromatic nitrogens is 1. The molecule has 0 saturated heterocycles. The number of hydrogen-bond donors (Lipinski definition) is 1. The molecule has 0 aliphatic rings. The first-order chi connectivity index (χ1) is 8.97. The van der Waals surface area contributed by atoms with E-state index in [0.29, 0.717) is 24.3 Å². The SMILES string of the molecule is CCN(CC)C(=O)CCn1c(C)c(C)c(C#N)c1N. The molecule has 0 unspecified atom stereocenters. The number of rotatable bonds is 5. The second-order valence-electron chi connectivity index (χ2n) is 4.55. The van der Waals surface area contributed by atoms with E-state index in [2.05, 4.69) is 6.07 Å². The van der Waals surface area contributed by atoms with Crippen LogP contribution in [0.3, 0.4) is 0 Å². The quantitative estimate of drug-likeness (QED) is 0.879. The Morgan fingerprint density at radius 1 is 1.37 bits per heavy atom. The van der Waals surface area contributed by atoms with Gasteiger partial charge in [0.15, 0.2) is 0 Å². The molecule has 19 heavy (non-hydrogen) atoms. The van der Waals surface area contributed by atoms with Crippen molar-refractivity contribution in [3.63, 3.8) is 0 Å². The lowest BCUT2D eigenvalue weighted by atomic mass is 10.2. The maximum absolute atomic E-state index is 12.0. The fraction of sp³-hybridized carbons (Fsp3) is 0.571. The van der Waals surface area contributed by atoms with Crippen molar-refractivity contribution < 1.29 is 4.79 Å². The normalized spacial score (nSPS) is 10.3. The van der Waals surface area contributed by atoms with Crippen molar-refractivity contribution in [3.05, 3.63) is 16.8 Å². The number of nitrogens with zero attached hydrogens (tertiary/aromatic N) is 3. The minimum atomic E-state index is 0.119. The third-order valence-corrected chi connectivity index (χ3v) is 3.65. The van der Waals surface area contributed by atoms with E-state index in [1.807, 2.05) is 32.3 Å². The Kier molecular flexibility index (Phi) is 4.99. The molecule has 2 N–H and O–H groups in total. The van der Waals surface area contributed by atoms with Gasteiger partial charge >= 0.3 is 0 Å². The van der Waals surface area contributed by atoms with Crippen LogP contribution in [0.4, 0.5) is 5.82 Å². The Bertz CT molecular complexity index is 506. The third-order valence-electron chi connectivity index (χ3n) is 3.65. The summed E-state index contributed by atoms with van der Waals surface area (Å²) in [5, 5.41) is 9.06. The van der Waals surface area contributed by atoms with Crippen LogP contribution in [-0.4, -0.2) is 28.5 Å². The van der Waals surface area contributed by atoms with Crippen LogP contribution in [0.2, 0.25) is 0 Å². The molecule has 0 radical (unpaired) electrons. The van der Waals surface area contributed by atoms with Gasteiger partial charge in [-0.15, -0.1) is 0 Å². The van der Waals surface area contributed by atoms with E-state index in [0.717, 1.165) is 24.3 Å². The van der Waals surface area contributed by atoms with Crippen molar-refractivity contribution in [3.8, 4) is 6.07 Å². The first kappa shape index (κ1) is 15.1. The fourth-order valence-electron chi connectivity index (χ4n) is 2.26. The molecule has 0 aromatic carbocycles. The van der Waals surface area contributed by atoms with E-state index < -0.39 is 0 Å². The zero-order valence-electron chi connectivity index (χ0n) is 12.2. The Labute approximate surface area is 114 Å². The Hall–Kier alpha value is -1.96. The smallest absolute Gasteiger partial charge is 0.224 e. The van der Waals surface area contributed by atoms with E-state index in [-0.39, 0.29) is 5.91 Å². The highest BCUT2D eigenvalue weighted by molar-refractivity contribution is 5.76. The summed E-state index contributed by atoms with van der Waals surface area (Å²) < 4.78 is 1.86. The van der Waals surface area contributed by atoms with E-state index in [4.69, 9.17) is 11.0 Å². The van der Waals surface area contributed by atoms with Gasteiger partial charge in [-0.2, -0.15) is 5.26 Å². The predicted octanol–water partition coefficient (Wildman–Crippen LogP) is 1.82. The van der Waals surface area contributed by atoms with Gasteiger partial charge in [-0.05, 0) is 33.3 Å². The van der Waals surface area contributed by atoms with Crippen LogP contribution in [0.5, 0.6) is 0 Å². The van der Waals surface area contributed by atoms with Crippen LogP contribution >= 0.6 is 0 Å².